The third-order valence-corrected chi connectivity index (χ3v) is 2.78. The van der Waals surface area contributed by atoms with Gasteiger partial charge in [0.2, 0.25) is 0 Å². The molecule has 0 aliphatic rings. The van der Waals surface area contributed by atoms with E-state index in [-0.39, 0.29) is 0 Å². The Bertz CT molecular complexity index is 638. The zero-order valence-corrected chi connectivity index (χ0v) is 10.5. The van der Waals surface area contributed by atoms with Crippen molar-refractivity contribution in [3.8, 4) is 6.07 Å². The molecule has 0 saturated heterocycles. The monoisotopic (exact) mass is 278 g/mol. The number of benzene rings is 2. The molecule has 96 valence electrons. The topological polar surface area (TPSA) is 35.8 Å². The highest BCUT2D eigenvalue weighted by molar-refractivity contribution is 6.30. The highest BCUT2D eigenvalue weighted by Gasteiger charge is 2.13. The van der Waals surface area contributed by atoms with Crippen molar-refractivity contribution in [1.82, 2.24) is 0 Å². The molecule has 2 aromatic carbocycles. The van der Waals surface area contributed by atoms with Crippen molar-refractivity contribution < 1.29 is 8.78 Å². The normalized spacial score (nSPS) is 11.7. The molecule has 1 N–H and O–H groups in total. The first-order valence-corrected chi connectivity index (χ1v) is 5.84. The summed E-state index contributed by atoms with van der Waals surface area (Å²) >= 11 is 5.83. The van der Waals surface area contributed by atoms with Gasteiger partial charge < -0.3 is 5.32 Å². The number of nitrogens with one attached hydrogen (secondary N) is 1. The van der Waals surface area contributed by atoms with Crippen LogP contribution in [-0.4, -0.2) is 0 Å². The maximum absolute atomic E-state index is 13.1. The minimum atomic E-state index is -0.981. The number of rotatable bonds is 3. The van der Waals surface area contributed by atoms with Crippen molar-refractivity contribution in [3.63, 3.8) is 0 Å². The molecule has 19 heavy (non-hydrogen) atoms. The Kier molecular flexibility index (Phi) is 3.98. The predicted molar refractivity (Wildman–Crippen MR) is 69.8 cm³/mol. The van der Waals surface area contributed by atoms with Gasteiger partial charge in [-0.25, -0.2) is 8.78 Å². The van der Waals surface area contributed by atoms with Crippen LogP contribution in [0.2, 0.25) is 5.02 Å². The second-order valence-corrected chi connectivity index (χ2v) is 4.33. The fourth-order valence-corrected chi connectivity index (χ4v) is 1.82. The summed E-state index contributed by atoms with van der Waals surface area (Å²) in [6.07, 6.45) is 0. The lowest BCUT2D eigenvalue weighted by molar-refractivity contribution is 0.507. The zero-order valence-electron chi connectivity index (χ0n) is 9.70. The summed E-state index contributed by atoms with van der Waals surface area (Å²) in [5.41, 5.74) is 0.977. The summed E-state index contributed by atoms with van der Waals surface area (Å²) in [6.45, 7) is 0. The average Bonchev–Trinajstić information content (AvgIpc) is 2.39. The highest BCUT2D eigenvalue weighted by Crippen LogP contribution is 2.22. The minimum absolute atomic E-state index is 0.348. The van der Waals surface area contributed by atoms with Crippen molar-refractivity contribution in [2.24, 2.45) is 0 Å². The summed E-state index contributed by atoms with van der Waals surface area (Å²) in [7, 11) is 0. The first kappa shape index (κ1) is 13.3. The van der Waals surface area contributed by atoms with Gasteiger partial charge in [-0.2, -0.15) is 5.26 Å². The van der Waals surface area contributed by atoms with Crippen molar-refractivity contribution in [3.05, 3.63) is 64.7 Å². The van der Waals surface area contributed by atoms with Gasteiger partial charge in [-0.05, 0) is 35.9 Å². The van der Waals surface area contributed by atoms with Crippen molar-refractivity contribution in [2.75, 3.05) is 5.32 Å². The van der Waals surface area contributed by atoms with Crippen molar-refractivity contribution in [1.29, 1.82) is 5.26 Å². The molecule has 0 radical (unpaired) electrons. The minimum Gasteiger partial charge on any atom is -0.366 e. The molecule has 2 nitrogen and oxygen atoms in total. The van der Waals surface area contributed by atoms with Crippen LogP contribution in [0.25, 0.3) is 0 Å². The number of halogens is 3. The zero-order chi connectivity index (χ0) is 13.8. The summed E-state index contributed by atoms with van der Waals surface area (Å²) in [5, 5.41) is 12.5. The fourth-order valence-electron chi connectivity index (χ4n) is 1.63. The molecule has 0 spiro atoms. The molecule has 0 amide bonds. The van der Waals surface area contributed by atoms with E-state index in [4.69, 9.17) is 16.9 Å². The number of anilines is 1. The Balaban J connectivity index is 2.25. The van der Waals surface area contributed by atoms with Gasteiger partial charge in [-0.1, -0.05) is 23.7 Å². The summed E-state index contributed by atoms with van der Waals surface area (Å²) in [6, 6.07) is 11.4. The molecule has 0 saturated carbocycles. The highest BCUT2D eigenvalue weighted by atomic mass is 35.5. The van der Waals surface area contributed by atoms with Gasteiger partial charge in [0.25, 0.3) is 0 Å². The van der Waals surface area contributed by atoms with Crippen LogP contribution in [0.4, 0.5) is 14.5 Å². The van der Waals surface area contributed by atoms with E-state index in [1.54, 1.807) is 24.3 Å². The molecule has 1 unspecified atom stereocenters. The van der Waals surface area contributed by atoms with Gasteiger partial charge >= 0.3 is 0 Å². The standard InChI is InChI=1S/C14H9ClF2N2/c15-10-2-1-3-11(7-10)19-14(8-18)9-4-5-12(16)13(17)6-9/h1-7,14,19H. The molecule has 2 aromatic rings. The van der Waals surface area contributed by atoms with E-state index >= 15 is 0 Å². The van der Waals surface area contributed by atoms with Crippen LogP contribution < -0.4 is 5.32 Å². The van der Waals surface area contributed by atoms with Crippen LogP contribution in [0, 0.1) is 23.0 Å². The first-order chi connectivity index (χ1) is 9.10. The molecule has 0 bridgehead atoms. The van der Waals surface area contributed by atoms with Crippen LogP contribution in [0.1, 0.15) is 11.6 Å². The van der Waals surface area contributed by atoms with Crippen molar-refractivity contribution >= 4 is 17.3 Å². The molecular formula is C14H9ClF2N2. The Morgan fingerprint density at radius 2 is 1.89 bits per heavy atom. The lowest BCUT2D eigenvalue weighted by Gasteiger charge is -2.13. The maximum atomic E-state index is 13.1. The molecule has 5 heteroatoms. The van der Waals surface area contributed by atoms with Crippen LogP contribution in [0.15, 0.2) is 42.5 Å². The molecule has 0 aromatic heterocycles. The van der Waals surface area contributed by atoms with E-state index in [0.717, 1.165) is 12.1 Å². The number of hydrogen-bond acceptors (Lipinski definition) is 2. The van der Waals surface area contributed by atoms with E-state index in [0.29, 0.717) is 16.3 Å². The Morgan fingerprint density at radius 3 is 2.53 bits per heavy atom. The lowest BCUT2D eigenvalue weighted by atomic mass is 10.1. The third kappa shape index (κ3) is 3.21. The lowest BCUT2D eigenvalue weighted by Crippen LogP contribution is -2.09. The number of nitrogens with zero attached hydrogens (tertiary/aromatic N) is 1. The van der Waals surface area contributed by atoms with Crippen LogP contribution in [-0.2, 0) is 0 Å². The smallest absolute Gasteiger partial charge is 0.159 e. The molecule has 2 rings (SSSR count). The predicted octanol–water partition coefficient (Wildman–Crippen LogP) is 4.29. The maximum Gasteiger partial charge on any atom is 0.159 e. The van der Waals surface area contributed by atoms with E-state index < -0.39 is 17.7 Å². The van der Waals surface area contributed by atoms with Crippen LogP contribution in [0.3, 0.4) is 0 Å². The van der Waals surface area contributed by atoms with E-state index in [9.17, 15) is 8.78 Å². The largest absolute Gasteiger partial charge is 0.366 e. The third-order valence-electron chi connectivity index (χ3n) is 2.54. The van der Waals surface area contributed by atoms with Crippen molar-refractivity contribution in [2.45, 2.75) is 6.04 Å². The Hall–Kier alpha value is -2.12. The average molecular weight is 279 g/mol. The van der Waals surface area contributed by atoms with Gasteiger partial charge in [0.05, 0.1) is 6.07 Å². The number of hydrogen-bond donors (Lipinski definition) is 1. The fraction of sp³-hybridized carbons (Fsp3) is 0.0714. The summed E-state index contributed by atoms with van der Waals surface area (Å²) < 4.78 is 26.0. The van der Waals surface area contributed by atoms with Gasteiger partial charge in [0.15, 0.2) is 11.6 Å². The van der Waals surface area contributed by atoms with E-state index in [1.807, 2.05) is 6.07 Å². The molecule has 0 heterocycles. The molecule has 0 aliphatic heterocycles. The number of nitriles is 1. The molecule has 1 atom stereocenters. The second-order valence-electron chi connectivity index (χ2n) is 3.89. The Morgan fingerprint density at radius 1 is 1.11 bits per heavy atom. The quantitative estimate of drug-likeness (QED) is 0.909. The molecule has 0 aliphatic carbocycles. The van der Waals surface area contributed by atoms with E-state index in [2.05, 4.69) is 5.32 Å². The van der Waals surface area contributed by atoms with Gasteiger partial charge in [0, 0.05) is 10.7 Å². The summed E-state index contributed by atoms with van der Waals surface area (Å²) in [5.74, 6) is -1.92. The Labute approximate surface area is 114 Å². The van der Waals surface area contributed by atoms with Gasteiger partial charge in [-0.3, -0.25) is 0 Å². The summed E-state index contributed by atoms with van der Waals surface area (Å²) in [4.78, 5) is 0. The van der Waals surface area contributed by atoms with Crippen LogP contribution in [0.5, 0.6) is 0 Å². The van der Waals surface area contributed by atoms with E-state index in [1.165, 1.54) is 6.07 Å². The SMILES string of the molecule is N#CC(Nc1cccc(Cl)c1)c1ccc(F)c(F)c1. The second kappa shape index (κ2) is 5.68. The van der Waals surface area contributed by atoms with Crippen LogP contribution >= 0.6 is 11.6 Å². The molecular weight excluding hydrogens is 270 g/mol. The first-order valence-electron chi connectivity index (χ1n) is 5.47. The van der Waals surface area contributed by atoms with Gasteiger partial charge in [-0.15, -0.1) is 0 Å². The molecule has 0 fully saturated rings. The van der Waals surface area contributed by atoms with Gasteiger partial charge in [0.1, 0.15) is 6.04 Å².